The van der Waals surface area contributed by atoms with Gasteiger partial charge in [-0.15, -0.1) is 0 Å². The van der Waals surface area contributed by atoms with Crippen molar-refractivity contribution in [3.05, 3.63) is 87.4 Å². The maximum absolute atomic E-state index is 14.2. The van der Waals surface area contributed by atoms with Crippen LogP contribution in [0.25, 0.3) is 0 Å². The fraction of sp³-hybridized carbons (Fsp3) is 0.333. The van der Waals surface area contributed by atoms with Gasteiger partial charge in [-0.3, -0.25) is 13.9 Å². The van der Waals surface area contributed by atoms with Crippen LogP contribution in [-0.2, 0) is 26.2 Å². The highest BCUT2D eigenvalue weighted by atomic mass is 35.5. The SMILES string of the molecule is CCCCNC(=O)[C@@H](CC)N(Cc1ccc(Cl)c(Cl)c1)C(=O)CN(c1cc(Cl)ccc1OC)S(=O)(=O)c1ccccc1. The van der Waals surface area contributed by atoms with E-state index < -0.39 is 28.5 Å². The van der Waals surface area contributed by atoms with Crippen molar-refractivity contribution in [2.45, 2.75) is 50.6 Å². The van der Waals surface area contributed by atoms with E-state index in [-0.39, 0.29) is 40.2 Å². The molecule has 2 amide bonds. The third kappa shape index (κ3) is 8.31. The summed E-state index contributed by atoms with van der Waals surface area (Å²) in [5, 5.41) is 3.78. The Kier molecular flexibility index (Phi) is 12.4. The molecule has 3 aromatic carbocycles. The number of amides is 2. The Morgan fingerprint density at radius 3 is 2.29 bits per heavy atom. The molecule has 0 saturated carbocycles. The second-order valence-electron chi connectivity index (χ2n) is 9.48. The molecule has 0 aliphatic carbocycles. The number of benzene rings is 3. The first kappa shape index (κ1) is 33.5. The van der Waals surface area contributed by atoms with Gasteiger partial charge in [-0.1, -0.05) is 79.3 Å². The largest absolute Gasteiger partial charge is 0.495 e. The van der Waals surface area contributed by atoms with Crippen molar-refractivity contribution in [2.75, 3.05) is 24.5 Å². The van der Waals surface area contributed by atoms with Crippen LogP contribution in [0, 0.1) is 0 Å². The van der Waals surface area contributed by atoms with Crippen molar-refractivity contribution in [3.63, 3.8) is 0 Å². The number of halogens is 3. The predicted octanol–water partition coefficient (Wildman–Crippen LogP) is 6.57. The first-order chi connectivity index (χ1) is 20.0. The number of rotatable bonds is 14. The van der Waals surface area contributed by atoms with E-state index in [1.807, 2.05) is 6.92 Å². The van der Waals surface area contributed by atoms with Gasteiger partial charge in [0.05, 0.1) is 27.7 Å². The quantitative estimate of drug-likeness (QED) is 0.198. The molecule has 0 fully saturated rings. The molecule has 3 rings (SSSR count). The van der Waals surface area contributed by atoms with Crippen LogP contribution in [0.5, 0.6) is 5.75 Å². The zero-order chi connectivity index (χ0) is 30.9. The molecule has 1 N–H and O–H groups in total. The van der Waals surface area contributed by atoms with Gasteiger partial charge < -0.3 is 15.0 Å². The Hall–Kier alpha value is -2.98. The fourth-order valence-corrected chi connectivity index (χ4v) is 6.28. The van der Waals surface area contributed by atoms with Gasteiger partial charge in [-0.05, 0) is 60.9 Å². The van der Waals surface area contributed by atoms with Crippen molar-refractivity contribution in [2.24, 2.45) is 0 Å². The first-order valence-corrected chi connectivity index (χ1v) is 16.0. The highest BCUT2D eigenvalue weighted by Crippen LogP contribution is 2.35. The summed E-state index contributed by atoms with van der Waals surface area (Å²) in [6.45, 7) is 3.61. The smallest absolute Gasteiger partial charge is 0.264 e. The molecular weight excluding hydrogens is 621 g/mol. The van der Waals surface area contributed by atoms with Crippen molar-refractivity contribution in [3.8, 4) is 5.75 Å². The Labute approximate surface area is 262 Å². The van der Waals surface area contributed by atoms with E-state index in [0.29, 0.717) is 22.2 Å². The van der Waals surface area contributed by atoms with Gasteiger partial charge in [0.15, 0.2) is 0 Å². The first-order valence-electron chi connectivity index (χ1n) is 13.5. The maximum atomic E-state index is 14.2. The van der Waals surface area contributed by atoms with Crippen LogP contribution in [0.4, 0.5) is 5.69 Å². The van der Waals surface area contributed by atoms with Crippen molar-refractivity contribution < 1.29 is 22.7 Å². The van der Waals surface area contributed by atoms with E-state index in [1.54, 1.807) is 49.4 Å². The topological polar surface area (TPSA) is 96.0 Å². The summed E-state index contributed by atoms with van der Waals surface area (Å²) in [7, 11) is -2.88. The van der Waals surface area contributed by atoms with Crippen molar-refractivity contribution >= 4 is 62.3 Å². The Balaban J connectivity index is 2.10. The van der Waals surface area contributed by atoms with E-state index >= 15 is 0 Å². The summed E-state index contributed by atoms with van der Waals surface area (Å²) in [5.41, 5.74) is 0.701. The predicted molar refractivity (Wildman–Crippen MR) is 168 cm³/mol. The molecule has 0 saturated heterocycles. The molecule has 0 spiro atoms. The highest BCUT2D eigenvalue weighted by molar-refractivity contribution is 7.92. The number of hydrogen-bond acceptors (Lipinski definition) is 5. The van der Waals surface area contributed by atoms with Crippen molar-refractivity contribution in [1.82, 2.24) is 10.2 Å². The molecule has 0 aromatic heterocycles. The third-order valence-electron chi connectivity index (χ3n) is 6.57. The van der Waals surface area contributed by atoms with Gasteiger partial charge in [0.25, 0.3) is 10.0 Å². The van der Waals surface area contributed by atoms with Crippen molar-refractivity contribution in [1.29, 1.82) is 0 Å². The van der Waals surface area contributed by atoms with Gasteiger partial charge in [-0.25, -0.2) is 8.42 Å². The van der Waals surface area contributed by atoms with E-state index in [0.717, 1.165) is 17.1 Å². The summed E-state index contributed by atoms with van der Waals surface area (Å²) in [6.07, 6.45) is 1.95. The third-order valence-corrected chi connectivity index (χ3v) is 9.32. The lowest BCUT2D eigenvalue weighted by atomic mass is 10.1. The van der Waals surface area contributed by atoms with Crippen LogP contribution in [-0.4, -0.2) is 51.4 Å². The molecule has 0 aliphatic heterocycles. The van der Waals surface area contributed by atoms with Gasteiger partial charge in [0.1, 0.15) is 18.3 Å². The molecule has 0 heterocycles. The lowest BCUT2D eigenvalue weighted by molar-refractivity contribution is -0.140. The Morgan fingerprint density at radius 2 is 1.67 bits per heavy atom. The molecular formula is C30H34Cl3N3O5S. The molecule has 1 atom stereocenters. The number of ether oxygens (including phenoxy) is 1. The average Bonchev–Trinajstić information content (AvgIpc) is 2.98. The molecule has 12 heteroatoms. The van der Waals surface area contributed by atoms with Crippen LogP contribution >= 0.6 is 34.8 Å². The van der Waals surface area contributed by atoms with Gasteiger partial charge in [0.2, 0.25) is 11.8 Å². The number of carbonyl (C=O) groups excluding carboxylic acids is 2. The van der Waals surface area contributed by atoms with E-state index in [9.17, 15) is 18.0 Å². The molecule has 3 aromatic rings. The molecule has 0 radical (unpaired) electrons. The zero-order valence-electron chi connectivity index (χ0n) is 23.6. The lowest BCUT2D eigenvalue weighted by Crippen LogP contribution is -2.52. The number of carbonyl (C=O) groups is 2. The Morgan fingerprint density at radius 1 is 0.952 bits per heavy atom. The normalized spacial score (nSPS) is 12.0. The summed E-state index contributed by atoms with van der Waals surface area (Å²) in [4.78, 5) is 28.8. The number of nitrogens with zero attached hydrogens (tertiary/aromatic N) is 2. The lowest BCUT2D eigenvalue weighted by Gasteiger charge is -2.33. The summed E-state index contributed by atoms with van der Waals surface area (Å²) >= 11 is 18.6. The molecule has 42 heavy (non-hydrogen) atoms. The van der Waals surface area contributed by atoms with Crippen LogP contribution in [0.15, 0.2) is 71.6 Å². The molecule has 0 bridgehead atoms. The van der Waals surface area contributed by atoms with Crippen LogP contribution in [0.2, 0.25) is 15.1 Å². The zero-order valence-corrected chi connectivity index (χ0v) is 26.7. The summed E-state index contributed by atoms with van der Waals surface area (Å²) < 4.78 is 34.4. The second-order valence-corrected chi connectivity index (χ2v) is 12.6. The summed E-state index contributed by atoms with van der Waals surface area (Å²) in [5.74, 6) is -0.746. The van der Waals surface area contributed by atoms with E-state index in [4.69, 9.17) is 39.5 Å². The van der Waals surface area contributed by atoms with Gasteiger partial charge >= 0.3 is 0 Å². The van der Waals surface area contributed by atoms with Gasteiger partial charge in [-0.2, -0.15) is 0 Å². The second kappa shape index (κ2) is 15.5. The van der Waals surface area contributed by atoms with Gasteiger partial charge in [0, 0.05) is 18.1 Å². The number of methoxy groups -OCH3 is 1. The van der Waals surface area contributed by atoms with E-state index in [2.05, 4.69) is 5.32 Å². The molecule has 226 valence electrons. The van der Waals surface area contributed by atoms with E-state index in [1.165, 1.54) is 36.3 Å². The minimum Gasteiger partial charge on any atom is -0.495 e. The number of anilines is 1. The van der Waals surface area contributed by atoms with Crippen LogP contribution < -0.4 is 14.4 Å². The number of nitrogens with one attached hydrogen (secondary N) is 1. The number of hydrogen-bond donors (Lipinski definition) is 1. The number of unbranched alkanes of at least 4 members (excludes halogenated alkanes) is 1. The van der Waals surface area contributed by atoms with Crippen LogP contribution in [0.1, 0.15) is 38.7 Å². The fourth-order valence-electron chi connectivity index (χ4n) is 4.35. The number of sulfonamides is 1. The monoisotopic (exact) mass is 653 g/mol. The molecule has 8 nitrogen and oxygen atoms in total. The molecule has 0 unspecified atom stereocenters. The molecule has 0 aliphatic rings. The standard InChI is InChI=1S/C30H34Cl3N3O5S/c1-4-6-16-34-30(38)26(5-2)35(19-21-12-14-24(32)25(33)17-21)29(37)20-36(27-18-22(31)13-15-28(27)41-3)42(39,40)23-10-8-7-9-11-23/h7-15,17-18,26H,4-6,16,19-20H2,1-3H3,(H,34,38)/t26-/m1/s1. The average molecular weight is 655 g/mol. The Bertz CT molecular complexity index is 1490. The highest BCUT2D eigenvalue weighted by Gasteiger charge is 2.35. The summed E-state index contributed by atoms with van der Waals surface area (Å²) in [6, 6.07) is 16.3. The minimum atomic E-state index is -4.28. The maximum Gasteiger partial charge on any atom is 0.264 e. The van der Waals surface area contributed by atoms with Crippen LogP contribution in [0.3, 0.4) is 0 Å². The minimum absolute atomic E-state index is 0.0126.